The standard InChI is InChI=1S/C12H14F3N3O/c1-19-11(3-2-4-11)10-17-8-6-16-5-7(8)9(18-10)12(13,14)15/h16H,2-6H2,1H3. The molecule has 2 aliphatic rings. The fraction of sp³-hybridized carbons (Fsp3) is 0.667. The highest BCUT2D eigenvalue weighted by Gasteiger charge is 2.45. The molecule has 1 saturated carbocycles. The summed E-state index contributed by atoms with van der Waals surface area (Å²) in [6, 6.07) is 0. The maximum absolute atomic E-state index is 13.1. The number of hydrogen-bond donors (Lipinski definition) is 1. The van der Waals surface area contributed by atoms with Crippen molar-refractivity contribution >= 4 is 0 Å². The largest absolute Gasteiger partial charge is 0.433 e. The Bertz CT molecular complexity index is 506. The predicted octanol–water partition coefficient (Wildman–Crippen LogP) is 2.12. The SMILES string of the molecule is COC1(c2nc3c(c(C(F)(F)F)n2)CNC3)CCC1. The van der Waals surface area contributed by atoms with E-state index in [1.54, 1.807) is 0 Å². The lowest BCUT2D eigenvalue weighted by atomic mass is 9.79. The van der Waals surface area contributed by atoms with Crippen molar-refractivity contribution in [2.45, 2.75) is 44.1 Å². The third kappa shape index (κ3) is 1.92. The number of alkyl halides is 3. The monoisotopic (exact) mass is 273 g/mol. The van der Waals surface area contributed by atoms with Crippen LogP contribution in [0.5, 0.6) is 0 Å². The molecule has 104 valence electrons. The number of rotatable bonds is 2. The molecule has 0 aromatic carbocycles. The van der Waals surface area contributed by atoms with Crippen LogP contribution in [0.4, 0.5) is 13.2 Å². The molecule has 0 amide bonds. The molecule has 0 saturated heterocycles. The van der Waals surface area contributed by atoms with Crippen molar-refractivity contribution in [3.8, 4) is 0 Å². The van der Waals surface area contributed by atoms with Crippen LogP contribution >= 0.6 is 0 Å². The first-order valence-corrected chi connectivity index (χ1v) is 6.20. The number of hydrogen-bond acceptors (Lipinski definition) is 4. The number of ether oxygens (including phenoxy) is 1. The van der Waals surface area contributed by atoms with Crippen molar-refractivity contribution in [2.24, 2.45) is 0 Å². The summed E-state index contributed by atoms with van der Waals surface area (Å²) in [5.74, 6) is 0.177. The summed E-state index contributed by atoms with van der Waals surface area (Å²) in [6.07, 6.45) is -2.18. The Hall–Kier alpha value is -1.21. The van der Waals surface area contributed by atoms with Gasteiger partial charge < -0.3 is 10.1 Å². The minimum Gasteiger partial charge on any atom is -0.370 e. The zero-order valence-electron chi connectivity index (χ0n) is 10.5. The normalized spacial score (nSPS) is 21.1. The maximum atomic E-state index is 13.1. The Morgan fingerprint density at radius 2 is 1.95 bits per heavy atom. The van der Waals surface area contributed by atoms with Gasteiger partial charge >= 0.3 is 6.18 Å². The topological polar surface area (TPSA) is 47.0 Å². The van der Waals surface area contributed by atoms with E-state index in [2.05, 4.69) is 15.3 Å². The van der Waals surface area contributed by atoms with Crippen LogP contribution in [-0.2, 0) is 29.6 Å². The van der Waals surface area contributed by atoms with Crippen LogP contribution in [0.15, 0.2) is 0 Å². The molecule has 1 N–H and O–H groups in total. The summed E-state index contributed by atoms with van der Waals surface area (Å²) in [6.45, 7) is 0.526. The van der Waals surface area contributed by atoms with Gasteiger partial charge in [0.2, 0.25) is 0 Å². The fourth-order valence-electron chi connectivity index (χ4n) is 2.62. The first-order chi connectivity index (χ1) is 8.96. The third-order valence-electron chi connectivity index (χ3n) is 3.91. The molecule has 0 bridgehead atoms. The van der Waals surface area contributed by atoms with Crippen LogP contribution in [0.3, 0.4) is 0 Å². The van der Waals surface area contributed by atoms with Gasteiger partial charge in [0.15, 0.2) is 11.5 Å². The van der Waals surface area contributed by atoms with Gasteiger partial charge in [0.1, 0.15) is 5.60 Å². The lowest BCUT2D eigenvalue weighted by molar-refractivity contribution is -0.143. The van der Waals surface area contributed by atoms with Gasteiger partial charge in [-0.1, -0.05) is 0 Å². The van der Waals surface area contributed by atoms with E-state index in [9.17, 15) is 13.2 Å². The molecular weight excluding hydrogens is 259 g/mol. The zero-order chi connectivity index (χ0) is 13.7. The summed E-state index contributed by atoms with van der Waals surface area (Å²) < 4.78 is 44.6. The van der Waals surface area contributed by atoms with Crippen LogP contribution in [0.25, 0.3) is 0 Å². The first kappa shape index (κ1) is 12.8. The van der Waals surface area contributed by atoms with Crippen molar-refractivity contribution < 1.29 is 17.9 Å². The molecule has 7 heteroatoms. The average molecular weight is 273 g/mol. The fourth-order valence-corrected chi connectivity index (χ4v) is 2.62. The molecule has 4 nitrogen and oxygen atoms in total. The van der Waals surface area contributed by atoms with Gasteiger partial charge in [-0.25, -0.2) is 9.97 Å². The maximum Gasteiger partial charge on any atom is 0.433 e. The first-order valence-electron chi connectivity index (χ1n) is 6.20. The summed E-state index contributed by atoms with van der Waals surface area (Å²) in [5.41, 5.74) is -0.930. The van der Waals surface area contributed by atoms with Crippen molar-refractivity contribution in [1.82, 2.24) is 15.3 Å². The van der Waals surface area contributed by atoms with Crippen LogP contribution in [-0.4, -0.2) is 17.1 Å². The van der Waals surface area contributed by atoms with Crippen LogP contribution < -0.4 is 5.32 Å². The number of aromatic nitrogens is 2. The summed E-state index contributed by atoms with van der Waals surface area (Å²) in [7, 11) is 1.50. The van der Waals surface area contributed by atoms with Gasteiger partial charge in [0.25, 0.3) is 0 Å². The van der Waals surface area contributed by atoms with Crippen LogP contribution in [0.1, 0.15) is 42.0 Å². The second kappa shape index (κ2) is 4.14. The van der Waals surface area contributed by atoms with Gasteiger partial charge in [-0.05, 0) is 19.3 Å². The van der Waals surface area contributed by atoms with E-state index in [0.717, 1.165) is 6.42 Å². The Kier molecular flexibility index (Phi) is 2.79. The number of nitrogens with one attached hydrogen (secondary N) is 1. The number of halogens is 3. The van der Waals surface area contributed by atoms with E-state index in [1.165, 1.54) is 7.11 Å². The number of fused-ring (bicyclic) bond motifs is 1. The van der Waals surface area contributed by atoms with E-state index in [1.807, 2.05) is 0 Å². The minimum absolute atomic E-state index is 0.168. The van der Waals surface area contributed by atoms with Gasteiger partial charge in [0, 0.05) is 25.8 Å². The van der Waals surface area contributed by atoms with Gasteiger partial charge in [-0.3, -0.25) is 0 Å². The summed E-state index contributed by atoms with van der Waals surface area (Å²) in [5, 5.41) is 2.89. The second-order valence-electron chi connectivity index (χ2n) is 4.97. The van der Waals surface area contributed by atoms with E-state index in [4.69, 9.17) is 4.74 Å². The highest BCUT2D eigenvalue weighted by Crippen LogP contribution is 2.44. The molecule has 19 heavy (non-hydrogen) atoms. The molecule has 2 heterocycles. The Labute approximate surface area is 108 Å². The molecule has 1 aliphatic carbocycles. The Balaban J connectivity index is 2.13. The van der Waals surface area contributed by atoms with Crippen LogP contribution in [0, 0.1) is 0 Å². The molecule has 0 atom stereocenters. The molecule has 1 aliphatic heterocycles. The van der Waals surface area contributed by atoms with E-state index >= 15 is 0 Å². The molecule has 0 spiro atoms. The highest BCUT2D eigenvalue weighted by molar-refractivity contribution is 5.32. The van der Waals surface area contributed by atoms with Crippen molar-refractivity contribution in [2.75, 3.05) is 7.11 Å². The molecule has 3 rings (SSSR count). The van der Waals surface area contributed by atoms with E-state index < -0.39 is 17.5 Å². The average Bonchev–Trinajstić information content (AvgIpc) is 2.73. The molecule has 1 fully saturated rings. The lowest BCUT2D eigenvalue weighted by Gasteiger charge is -2.39. The zero-order valence-corrected chi connectivity index (χ0v) is 10.5. The van der Waals surface area contributed by atoms with Gasteiger partial charge in [-0.15, -0.1) is 0 Å². The second-order valence-corrected chi connectivity index (χ2v) is 4.97. The molecule has 1 aromatic heterocycles. The van der Waals surface area contributed by atoms with Crippen LogP contribution in [0.2, 0.25) is 0 Å². The van der Waals surface area contributed by atoms with Crippen molar-refractivity contribution in [3.63, 3.8) is 0 Å². The smallest absolute Gasteiger partial charge is 0.370 e. The van der Waals surface area contributed by atoms with E-state index in [0.29, 0.717) is 25.1 Å². The van der Waals surface area contributed by atoms with Gasteiger partial charge in [0.05, 0.1) is 5.69 Å². The quantitative estimate of drug-likeness (QED) is 0.896. The Morgan fingerprint density at radius 3 is 2.47 bits per heavy atom. The molecule has 0 unspecified atom stereocenters. The molecule has 0 radical (unpaired) electrons. The van der Waals surface area contributed by atoms with E-state index in [-0.39, 0.29) is 17.9 Å². The van der Waals surface area contributed by atoms with Crippen molar-refractivity contribution in [1.29, 1.82) is 0 Å². The van der Waals surface area contributed by atoms with Crippen molar-refractivity contribution in [3.05, 3.63) is 22.8 Å². The number of methoxy groups -OCH3 is 1. The van der Waals surface area contributed by atoms with Gasteiger partial charge in [-0.2, -0.15) is 13.2 Å². The summed E-state index contributed by atoms with van der Waals surface area (Å²) >= 11 is 0. The lowest BCUT2D eigenvalue weighted by Crippen LogP contribution is -2.39. The molecular formula is C12H14F3N3O. The third-order valence-corrected chi connectivity index (χ3v) is 3.91. The minimum atomic E-state index is -4.45. The Morgan fingerprint density at radius 1 is 1.21 bits per heavy atom. The predicted molar refractivity (Wildman–Crippen MR) is 60.1 cm³/mol. The molecule has 1 aromatic rings. The highest BCUT2D eigenvalue weighted by atomic mass is 19.4. The summed E-state index contributed by atoms with van der Waals surface area (Å²) in [4.78, 5) is 8.07. The number of nitrogens with zero attached hydrogens (tertiary/aromatic N) is 2.